The topological polar surface area (TPSA) is 67.2 Å². The lowest BCUT2D eigenvalue weighted by atomic mass is 10.0. The lowest BCUT2D eigenvalue weighted by molar-refractivity contribution is -0.121. The summed E-state index contributed by atoms with van der Waals surface area (Å²) < 4.78 is 2.24. The van der Waals surface area contributed by atoms with Crippen LogP contribution in [0.2, 0.25) is 0 Å². The van der Waals surface area contributed by atoms with E-state index < -0.39 is 6.10 Å². The molecule has 5 heteroatoms. The molecule has 154 valence electrons. The Labute approximate surface area is 172 Å². The summed E-state index contributed by atoms with van der Waals surface area (Å²) in [5.74, 6) is 1.46. The molecule has 1 aromatic heterocycles. The molecule has 5 nitrogen and oxygen atoms in total. The number of aromatic nitrogens is 2. The lowest BCUT2D eigenvalue weighted by Gasteiger charge is -2.12. The number of amides is 1. The van der Waals surface area contributed by atoms with Crippen LogP contribution >= 0.6 is 0 Å². The molecule has 0 saturated heterocycles. The van der Waals surface area contributed by atoms with Gasteiger partial charge in [0, 0.05) is 25.9 Å². The number of rotatable bonds is 9. The van der Waals surface area contributed by atoms with E-state index in [4.69, 9.17) is 4.98 Å². The third-order valence-corrected chi connectivity index (χ3v) is 5.18. The smallest absolute Gasteiger partial charge is 0.220 e. The highest BCUT2D eigenvalue weighted by atomic mass is 16.3. The van der Waals surface area contributed by atoms with Gasteiger partial charge in [0.05, 0.1) is 17.1 Å². The SMILES string of the molecule is CC(C)c1ccc(Cn2c(CCNC(=O)CC[C@@H](C)O)nc3ccccc32)cc1. The molecule has 1 heterocycles. The van der Waals surface area contributed by atoms with Gasteiger partial charge in [0.1, 0.15) is 5.82 Å². The Hall–Kier alpha value is -2.66. The monoisotopic (exact) mass is 393 g/mol. The maximum atomic E-state index is 11.9. The molecule has 2 aromatic carbocycles. The molecule has 1 atom stereocenters. The minimum Gasteiger partial charge on any atom is -0.393 e. The minimum atomic E-state index is -0.452. The normalized spacial score (nSPS) is 12.4. The highest BCUT2D eigenvalue weighted by Gasteiger charge is 2.12. The first-order valence-electron chi connectivity index (χ1n) is 10.4. The number of para-hydroxylation sites is 2. The Bertz CT molecular complexity index is 942. The molecule has 0 saturated carbocycles. The van der Waals surface area contributed by atoms with Gasteiger partial charge >= 0.3 is 0 Å². The van der Waals surface area contributed by atoms with Crippen LogP contribution < -0.4 is 5.32 Å². The summed E-state index contributed by atoms with van der Waals surface area (Å²) in [5, 5.41) is 12.3. The molecule has 1 amide bonds. The standard InChI is InChI=1S/C24H31N3O2/c1-17(2)20-11-9-19(10-12-20)16-27-22-7-5-4-6-21(22)26-23(27)14-15-25-24(29)13-8-18(3)28/h4-7,9-12,17-18,28H,8,13-16H2,1-3H3,(H,25,29)/t18-/m1/s1. The van der Waals surface area contributed by atoms with E-state index in [1.165, 1.54) is 11.1 Å². The number of fused-ring (bicyclic) bond motifs is 1. The number of benzene rings is 2. The van der Waals surface area contributed by atoms with Crippen LogP contribution in [0.3, 0.4) is 0 Å². The summed E-state index contributed by atoms with van der Waals surface area (Å²) in [5.41, 5.74) is 4.65. The van der Waals surface area contributed by atoms with E-state index >= 15 is 0 Å². The zero-order valence-electron chi connectivity index (χ0n) is 17.6. The van der Waals surface area contributed by atoms with Gasteiger partial charge in [-0.05, 0) is 42.5 Å². The second kappa shape index (κ2) is 9.70. The number of carbonyl (C=O) groups excluding carboxylic acids is 1. The van der Waals surface area contributed by atoms with E-state index in [2.05, 4.69) is 54.1 Å². The number of aliphatic hydroxyl groups excluding tert-OH is 1. The predicted molar refractivity (Wildman–Crippen MR) is 117 cm³/mol. The van der Waals surface area contributed by atoms with Gasteiger partial charge in [-0.1, -0.05) is 50.2 Å². The number of nitrogens with one attached hydrogen (secondary N) is 1. The fourth-order valence-corrected chi connectivity index (χ4v) is 3.43. The van der Waals surface area contributed by atoms with Crippen molar-refractivity contribution in [2.45, 2.75) is 58.6 Å². The maximum absolute atomic E-state index is 11.9. The second-order valence-corrected chi connectivity index (χ2v) is 7.99. The van der Waals surface area contributed by atoms with Gasteiger partial charge in [0.15, 0.2) is 0 Å². The number of hydrogen-bond acceptors (Lipinski definition) is 3. The maximum Gasteiger partial charge on any atom is 0.220 e. The van der Waals surface area contributed by atoms with Crippen molar-refractivity contribution in [1.29, 1.82) is 0 Å². The van der Waals surface area contributed by atoms with Gasteiger partial charge < -0.3 is 15.0 Å². The lowest BCUT2D eigenvalue weighted by Crippen LogP contribution is -2.27. The van der Waals surface area contributed by atoms with Crippen LogP contribution in [-0.2, 0) is 17.8 Å². The van der Waals surface area contributed by atoms with Gasteiger partial charge in [-0.25, -0.2) is 4.98 Å². The Kier molecular flexibility index (Phi) is 7.04. The van der Waals surface area contributed by atoms with Crippen molar-refractivity contribution in [2.75, 3.05) is 6.54 Å². The van der Waals surface area contributed by atoms with Crippen molar-refractivity contribution >= 4 is 16.9 Å². The van der Waals surface area contributed by atoms with Crippen molar-refractivity contribution in [3.05, 3.63) is 65.5 Å². The first-order valence-corrected chi connectivity index (χ1v) is 10.4. The van der Waals surface area contributed by atoms with Crippen LogP contribution in [0.25, 0.3) is 11.0 Å². The van der Waals surface area contributed by atoms with Gasteiger partial charge in [-0.2, -0.15) is 0 Å². The van der Waals surface area contributed by atoms with Crippen LogP contribution in [0, 0.1) is 0 Å². The van der Waals surface area contributed by atoms with E-state index in [-0.39, 0.29) is 5.91 Å². The molecule has 29 heavy (non-hydrogen) atoms. The molecule has 0 aliphatic carbocycles. The minimum absolute atomic E-state index is 0.0298. The van der Waals surface area contributed by atoms with E-state index in [0.29, 0.717) is 31.7 Å². The van der Waals surface area contributed by atoms with E-state index in [1.807, 2.05) is 18.2 Å². The Morgan fingerprint density at radius 3 is 2.52 bits per heavy atom. The molecular formula is C24H31N3O2. The van der Waals surface area contributed by atoms with Crippen molar-refractivity contribution in [1.82, 2.24) is 14.9 Å². The van der Waals surface area contributed by atoms with E-state index in [1.54, 1.807) is 6.92 Å². The summed E-state index contributed by atoms with van der Waals surface area (Å²) in [6.45, 7) is 7.39. The van der Waals surface area contributed by atoms with E-state index in [9.17, 15) is 9.90 Å². The molecule has 0 spiro atoms. The summed E-state index contributed by atoms with van der Waals surface area (Å²) in [6, 6.07) is 16.9. The molecule has 0 unspecified atom stereocenters. The third-order valence-electron chi connectivity index (χ3n) is 5.18. The quantitative estimate of drug-likeness (QED) is 0.577. The Balaban J connectivity index is 1.73. The molecule has 0 aliphatic rings. The van der Waals surface area contributed by atoms with Gasteiger partial charge in [0.25, 0.3) is 0 Å². The number of imidazole rings is 1. The van der Waals surface area contributed by atoms with Gasteiger partial charge in [-0.3, -0.25) is 4.79 Å². The highest BCUT2D eigenvalue weighted by molar-refractivity contribution is 5.76. The molecule has 3 rings (SSSR count). The van der Waals surface area contributed by atoms with Gasteiger partial charge in [-0.15, -0.1) is 0 Å². The average molecular weight is 394 g/mol. The molecule has 0 fully saturated rings. The molecule has 0 bridgehead atoms. The van der Waals surface area contributed by atoms with Crippen LogP contribution in [0.4, 0.5) is 0 Å². The highest BCUT2D eigenvalue weighted by Crippen LogP contribution is 2.20. The summed E-state index contributed by atoms with van der Waals surface area (Å²) in [7, 11) is 0. The van der Waals surface area contributed by atoms with Crippen molar-refractivity contribution < 1.29 is 9.90 Å². The van der Waals surface area contributed by atoms with Crippen LogP contribution in [0.15, 0.2) is 48.5 Å². The zero-order valence-corrected chi connectivity index (χ0v) is 17.6. The number of nitrogens with zero attached hydrogens (tertiary/aromatic N) is 2. The molecular weight excluding hydrogens is 362 g/mol. The van der Waals surface area contributed by atoms with Crippen LogP contribution in [0.1, 0.15) is 56.5 Å². The molecule has 0 radical (unpaired) electrons. The van der Waals surface area contributed by atoms with Crippen molar-refractivity contribution in [3.8, 4) is 0 Å². The Morgan fingerprint density at radius 2 is 1.83 bits per heavy atom. The predicted octanol–water partition coefficient (Wildman–Crippen LogP) is 4.03. The number of carbonyl (C=O) groups is 1. The second-order valence-electron chi connectivity index (χ2n) is 7.99. The summed E-state index contributed by atoms with van der Waals surface area (Å²) in [6.07, 6.45) is 1.04. The van der Waals surface area contributed by atoms with Crippen LogP contribution in [0.5, 0.6) is 0 Å². The average Bonchev–Trinajstić information content (AvgIpc) is 3.04. The van der Waals surface area contributed by atoms with Gasteiger partial charge in [0.2, 0.25) is 5.91 Å². The Morgan fingerprint density at radius 1 is 1.10 bits per heavy atom. The molecule has 0 aliphatic heterocycles. The number of aliphatic hydroxyl groups is 1. The first-order chi connectivity index (χ1) is 13.9. The largest absolute Gasteiger partial charge is 0.393 e. The third kappa shape index (κ3) is 5.67. The fraction of sp³-hybridized carbons (Fsp3) is 0.417. The summed E-state index contributed by atoms with van der Waals surface area (Å²) >= 11 is 0. The van der Waals surface area contributed by atoms with Crippen molar-refractivity contribution in [2.24, 2.45) is 0 Å². The molecule has 2 N–H and O–H groups in total. The molecule has 3 aromatic rings. The van der Waals surface area contributed by atoms with Crippen LogP contribution in [-0.4, -0.2) is 33.2 Å². The first kappa shape index (κ1) is 21.1. The van der Waals surface area contributed by atoms with E-state index in [0.717, 1.165) is 23.4 Å². The zero-order chi connectivity index (χ0) is 20.8. The number of hydrogen-bond donors (Lipinski definition) is 2. The van der Waals surface area contributed by atoms with Crippen molar-refractivity contribution in [3.63, 3.8) is 0 Å². The summed E-state index contributed by atoms with van der Waals surface area (Å²) in [4.78, 5) is 16.7. The fourth-order valence-electron chi connectivity index (χ4n) is 3.43.